The summed E-state index contributed by atoms with van der Waals surface area (Å²) in [6.45, 7) is 0. The van der Waals surface area contributed by atoms with Crippen LogP contribution in [0.3, 0.4) is 0 Å². The van der Waals surface area contributed by atoms with E-state index in [1.165, 1.54) is 58.2 Å². The molecule has 0 radical (unpaired) electrons. The first-order valence-electron chi connectivity index (χ1n) is 7.79. The molecule has 3 unspecified atom stereocenters. The average Bonchev–Trinajstić information content (AvgIpc) is 2.30. The Hall–Kier alpha value is 2.80. The van der Waals surface area contributed by atoms with Crippen LogP contribution in [0.25, 0.3) is 0 Å². The fraction of sp³-hybridized carbons (Fsp3) is 1.00. The highest BCUT2D eigenvalue weighted by atomic mass is 32.3. The maximum atomic E-state index is 2.17. The molecule has 3 atom stereocenters. The van der Waals surface area contributed by atoms with E-state index in [-0.39, 0.29) is 0 Å². The van der Waals surface area contributed by atoms with Crippen molar-refractivity contribution in [3.05, 3.63) is 0 Å². The first kappa shape index (κ1) is 19.6. The van der Waals surface area contributed by atoms with Crippen molar-refractivity contribution >= 4 is 94.1 Å². The molecule has 0 aliphatic carbocycles. The largest absolute Gasteiger partial charge is 0.160 e. The predicted octanol–water partition coefficient (Wildman–Crippen LogP) is 6.33. The zero-order valence-electron chi connectivity index (χ0n) is 12.6. The standard InChI is InChI=1S/2C7H12S4/c1-3-8-6(1)10-5-11-7-2-4-9-7;1-2-9-7(1)11-5-10-6-3-8-4-6/h2*6-7H,1-5H2. The van der Waals surface area contributed by atoms with Gasteiger partial charge >= 0.3 is 0 Å². The van der Waals surface area contributed by atoms with Crippen molar-refractivity contribution in [2.24, 2.45) is 0 Å². The van der Waals surface area contributed by atoms with E-state index in [1.54, 1.807) is 0 Å². The lowest BCUT2D eigenvalue weighted by Gasteiger charge is -2.27. The monoisotopic (exact) mass is 448 g/mol. The molecule has 0 spiro atoms. The van der Waals surface area contributed by atoms with Crippen molar-refractivity contribution in [2.45, 2.75) is 38.3 Å². The molecule has 0 nitrogen and oxygen atoms in total. The highest BCUT2D eigenvalue weighted by Crippen LogP contribution is 2.43. The summed E-state index contributed by atoms with van der Waals surface area (Å²) in [5, 5.41) is 3.66. The Bertz CT molecular complexity index is 241. The van der Waals surface area contributed by atoms with Crippen molar-refractivity contribution in [2.75, 3.05) is 38.9 Å². The van der Waals surface area contributed by atoms with Crippen molar-refractivity contribution in [3.8, 4) is 0 Å². The molecule has 0 aromatic heterocycles. The van der Waals surface area contributed by atoms with Gasteiger partial charge in [-0.3, -0.25) is 0 Å². The van der Waals surface area contributed by atoms with Crippen LogP contribution < -0.4 is 0 Å². The van der Waals surface area contributed by atoms with Crippen molar-refractivity contribution in [1.29, 1.82) is 0 Å². The molecule has 22 heavy (non-hydrogen) atoms. The molecule has 0 aromatic carbocycles. The zero-order valence-corrected chi connectivity index (χ0v) is 19.2. The lowest BCUT2D eigenvalue weighted by atomic mass is 10.5. The maximum Gasteiger partial charge on any atom is 0.0518 e. The number of thioether (sulfide) groups is 8. The normalized spacial score (nSPS) is 33.5. The minimum Gasteiger partial charge on any atom is -0.160 e. The van der Waals surface area contributed by atoms with Gasteiger partial charge in [-0.15, -0.1) is 82.3 Å². The summed E-state index contributed by atoms with van der Waals surface area (Å²) in [5.41, 5.74) is 0. The summed E-state index contributed by atoms with van der Waals surface area (Å²) in [5.74, 6) is 7.02. The second kappa shape index (κ2) is 11.5. The Morgan fingerprint density at radius 3 is 1.32 bits per heavy atom. The highest BCUT2D eigenvalue weighted by Gasteiger charge is 2.22. The molecular weight excluding hydrogens is 425 g/mol. The van der Waals surface area contributed by atoms with Crippen LogP contribution in [0.4, 0.5) is 0 Å². The fourth-order valence-corrected chi connectivity index (χ4v) is 12.9. The van der Waals surface area contributed by atoms with Gasteiger partial charge in [0, 0.05) is 26.9 Å². The zero-order chi connectivity index (χ0) is 15.0. The molecule has 0 saturated carbocycles. The smallest absolute Gasteiger partial charge is 0.0518 e. The molecule has 4 aliphatic rings. The number of rotatable bonds is 8. The van der Waals surface area contributed by atoms with E-state index >= 15 is 0 Å². The van der Waals surface area contributed by atoms with E-state index in [4.69, 9.17) is 0 Å². The molecule has 8 heteroatoms. The maximum absolute atomic E-state index is 2.17. The molecule has 0 amide bonds. The van der Waals surface area contributed by atoms with Crippen LogP contribution in [0.1, 0.15) is 19.3 Å². The molecule has 4 rings (SSSR count). The van der Waals surface area contributed by atoms with Gasteiger partial charge < -0.3 is 0 Å². The minimum absolute atomic E-state index is 0.951. The van der Waals surface area contributed by atoms with Gasteiger partial charge in [0.2, 0.25) is 0 Å². The summed E-state index contributed by atoms with van der Waals surface area (Å²) in [6.07, 6.45) is 4.36. The Labute approximate surface area is 169 Å². The Kier molecular flexibility index (Phi) is 10.2. The first-order valence-corrected chi connectivity index (χ1v) is 16.3. The molecule has 4 heterocycles. The summed E-state index contributed by atoms with van der Waals surface area (Å²) in [4.78, 5) is 0. The third-order valence-electron chi connectivity index (χ3n) is 3.64. The van der Waals surface area contributed by atoms with Crippen molar-refractivity contribution in [3.63, 3.8) is 0 Å². The second-order valence-corrected chi connectivity index (χ2v) is 16.8. The SMILES string of the molecule is C1CC(SCSC2CCS2)S1.C1CC(SCSC2CSC2)S1. The van der Waals surface area contributed by atoms with Crippen molar-refractivity contribution in [1.82, 2.24) is 0 Å². The Balaban J connectivity index is 0.000000131. The van der Waals surface area contributed by atoms with E-state index in [0.717, 1.165) is 19.0 Å². The topological polar surface area (TPSA) is 0 Å². The van der Waals surface area contributed by atoms with Crippen LogP contribution in [-0.2, 0) is 0 Å². The van der Waals surface area contributed by atoms with Gasteiger partial charge in [-0.2, -0.15) is 11.8 Å². The summed E-state index contributed by atoms with van der Waals surface area (Å²) >= 11 is 17.1. The third kappa shape index (κ3) is 7.20. The van der Waals surface area contributed by atoms with Crippen LogP contribution in [0, 0.1) is 0 Å². The van der Waals surface area contributed by atoms with Gasteiger partial charge in [0.1, 0.15) is 0 Å². The summed E-state index contributed by atoms with van der Waals surface area (Å²) in [7, 11) is 0. The number of hydrogen-bond donors (Lipinski definition) is 0. The van der Waals surface area contributed by atoms with Crippen LogP contribution in [0.5, 0.6) is 0 Å². The third-order valence-corrected chi connectivity index (χ3v) is 15.8. The van der Waals surface area contributed by atoms with Gasteiger partial charge in [-0.05, 0) is 36.5 Å². The van der Waals surface area contributed by atoms with Crippen LogP contribution in [-0.4, -0.2) is 57.9 Å². The molecule has 4 aliphatic heterocycles. The van der Waals surface area contributed by atoms with Crippen LogP contribution in [0.2, 0.25) is 0 Å². The molecule has 128 valence electrons. The predicted molar refractivity (Wildman–Crippen MR) is 124 cm³/mol. The molecule has 4 fully saturated rings. The van der Waals surface area contributed by atoms with Gasteiger partial charge in [-0.25, -0.2) is 0 Å². The van der Waals surface area contributed by atoms with Gasteiger partial charge in [0.05, 0.1) is 13.7 Å². The second-order valence-electron chi connectivity index (χ2n) is 5.33. The van der Waals surface area contributed by atoms with Crippen LogP contribution in [0.15, 0.2) is 0 Å². The number of hydrogen-bond acceptors (Lipinski definition) is 8. The fourth-order valence-electron chi connectivity index (χ4n) is 1.75. The van der Waals surface area contributed by atoms with E-state index in [2.05, 4.69) is 94.1 Å². The summed E-state index contributed by atoms with van der Waals surface area (Å²) < 4.78 is 2.86. The van der Waals surface area contributed by atoms with E-state index < -0.39 is 0 Å². The van der Waals surface area contributed by atoms with E-state index in [0.29, 0.717) is 0 Å². The highest BCUT2D eigenvalue weighted by molar-refractivity contribution is 8.27. The molecule has 0 aromatic rings. The Morgan fingerprint density at radius 2 is 1.05 bits per heavy atom. The molecular formula is C14H24S8. The summed E-state index contributed by atoms with van der Waals surface area (Å²) in [6, 6.07) is 0. The van der Waals surface area contributed by atoms with Gasteiger partial charge in [-0.1, -0.05) is 0 Å². The Morgan fingerprint density at radius 1 is 0.636 bits per heavy atom. The minimum atomic E-state index is 0.951. The average molecular weight is 449 g/mol. The van der Waals surface area contributed by atoms with Crippen LogP contribution >= 0.6 is 94.1 Å². The first-order chi connectivity index (χ1) is 10.9. The molecule has 0 N–H and O–H groups in total. The lowest BCUT2D eigenvalue weighted by Crippen LogP contribution is -2.21. The quantitative estimate of drug-likeness (QED) is 0.390. The lowest BCUT2D eigenvalue weighted by molar-refractivity contribution is 1.01. The molecule has 4 saturated heterocycles. The van der Waals surface area contributed by atoms with Gasteiger partial charge in [0.15, 0.2) is 0 Å². The van der Waals surface area contributed by atoms with E-state index in [9.17, 15) is 0 Å². The molecule has 0 bridgehead atoms. The van der Waals surface area contributed by atoms with Gasteiger partial charge in [0.25, 0.3) is 0 Å². The van der Waals surface area contributed by atoms with Crippen molar-refractivity contribution < 1.29 is 0 Å². The van der Waals surface area contributed by atoms with E-state index in [1.807, 2.05) is 0 Å².